The van der Waals surface area contributed by atoms with Gasteiger partial charge in [0.25, 0.3) is 0 Å². The van der Waals surface area contributed by atoms with Crippen LogP contribution in [-0.2, 0) is 14.4 Å². The Balaban J connectivity index is 4.02. The van der Waals surface area contributed by atoms with Gasteiger partial charge in [0, 0.05) is 0 Å². The number of rotatable bonds is 3. The van der Waals surface area contributed by atoms with Crippen LogP contribution in [0.2, 0.25) is 0 Å². The molecule has 0 unspecified atom stereocenters. The maximum atomic E-state index is 11.6. The van der Waals surface area contributed by atoms with Gasteiger partial charge in [-0.05, 0) is 0 Å². The van der Waals surface area contributed by atoms with Crippen LogP contribution in [0.25, 0.3) is 0 Å². The van der Waals surface area contributed by atoms with Gasteiger partial charge in [-0.2, -0.15) is 0 Å². The number of nitrogens with zero attached hydrogens (tertiary/aromatic N) is 1. The van der Waals surface area contributed by atoms with Crippen LogP contribution >= 0.6 is 0 Å². The van der Waals surface area contributed by atoms with Gasteiger partial charge in [-0.25, -0.2) is 9.45 Å². The number of carbonyl (C=O) groups excluding carboxylic acids is 2. The van der Waals surface area contributed by atoms with E-state index in [2.05, 4.69) is 10.6 Å². The van der Waals surface area contributed by atoms with Crippen LogP contribution in [0.15, 0.2) is 0 Å². The molecule has 11 heavy (non-hydrogen) atoms. The van der Waals surface area contributed by atoms with E-state index in [1.54, 1.807) is 0 Å². The molecule has 0 aromatic heterocycles. The minimum absolute atomic E-state index is 0.293. The zero-order chi connectivity index (χ0) is 8.85. The first-order valence-electron chi connectivity index (χ1n) is 2.84. The van der Waals surface area contributed by atoms with E-state index in [9.17, 15) is 14.0 Å². The predicted octanol–water partition coefficient (Wildman–Crippen LogP) is -1.17. The number of alkyl halides is 1. The summed E-state index contributed by atoms with van der Waals surface area (Å²) in [5.41, 5.74) is 4.61. The van der Waals surface area contributed by atoms with Crippen LogP contribution in [0, 0.1) is 0 Å². The second kappa shape index (κ2) is 4.62. The molecule has 0 spiro atoms. The highest BCUT2D eigenvalue weighted by Crippen LogP contribution is 1.88. The number of amides is 2. The molecule has 0 atom stereocenters. The number of hydroxylamine groups is 2. The topological polar surface area (TPSA) is 72.6 Å². The normalized spacial score (nSPS) is 9.27. The van der Waals surface area contributed by atoms with Crippen molar-refractivity contribution >= 4 is 11.8 Å². The maximum absolute atomic E-state index is 11.6. The lowest BCUT2D eigenvalue weighted by Gasteiger charge is -2.15. The van der Waals surface area contributed by atoms with Crippen molar-refractivity contribution in [1.29, 1.82) is 0 Å². The summed E-state index contributed by atoms with van der Waals surface area (Å²) in [7, 11) is 1.15. The van der Waals surface area contributed by atoms with Gasteiger partial charge in [0.05, 0.1) is 13.7 Å². The van der Waals surface area contributed by atoms with Crippen molar-refractivity contribution in [2.75, 3.05) is 20.3 Å². The second-order valence-electron chi connectivity index (χ2n) is 1.64. The Hall–Kier alpha value is -1.17. The van der Waals surface area contributed by atoms with Crippen LogP contribution in [0.5, 0.6) is 0 Å². The third kappa shape index (κ3) is 2.94. The van der Waals surface area contributed by atoms with Gasteiger partial charge in [0.15, 0.2) is 0 Å². The van der Waals surface area contributed by atoms with Crippen molar-refractivity contribution in [1.82, 2.24) is 5.06 Å². The van der Waals surface area contributed by atoms with E-state index in [1.165, 1.54) is 0 Å². The third-order valence-corrected chi connectivity index (χ3v) is 0.945. The van der Waals surface area contributed by atoms with Crippen LogP contribution in [0.1, 0.15) is 0 Å². The molecule has 0 saturated carbocycles. The number of carbonyl (C=O) groups is 2. The monoisotopic (exact) mass is 164 g/mol. The van der Waals surface area contributed by atoms with Crippen molar-refractivity contribution in [3.63, 3.8) is 0 Å². The molecule has 0 aromatic carbocycles. The largest absolute Gasteiger partial charge is 0.361 e. The third-order valence-electron chi connectivity index (χ3n) is 0.945. The van der Waals surface area contributed by atoms with E-state index in [1.807, 2.05) is 0 Å². The lowest BCUT2D eigenvalue weighted by molar-refractivity contribution is -0.179. The number of hydrogen-bond acceptors (Lipinski definition) is 3. The van der Waals surface area contributed by atoms with Gasteiger partial charge in [0.2, 0.25) is 0 Å². The molecule has 64 valence electrons. The minimum Gasteiger partial charge on any atom is -0.361 e. The van der Waals surface area contributed by atoms with Crippen molar-refractivity contribution in [2.24, 2.45) is 5.73 Å². The lowest BCUT2D eigenvalue weighted by atomic mass is 10.5. The lowest BCUT2D eigenvalue weighted by Crippen LogP contribution is -2.40. The first-order valence-corrected chi connectivity index (χ1v) is 2.84. The fraction of sp³-hybridized carbons (Fsp3) is 0.600. The molecule has 0 bridgehead atoms. The van der Waals surface area contributed by atoms with E-state index < -0.39 is 18.5 Å². The Morgan fingerprint density at radius 3 is 2.45 bits per heavy atom. The molecule has 2 amide bonds. The van der Waals surface area contributed by atoms with E-state index in [-0.39, 0.29) is 6.54 Å². The fourth-order valence-electron chi connectivity index (χ4n) is 0.475. The molecule has 0 aliphatic rings. The van der Waals surface area contributed by atoms with Crippen molar-refractivity contribution in [3.8, 4) is 0 Å². The predicted molar refractivity (Wildman–Crippen MR) is 33.9 cm³/mol. The van der Waals surface area contributed by atoms with Crippen molar-refractivity contribution < 1.29 is 18.8 Å². The molecule has 2 N–H and O–H groups in total. The molecule has 5 nitrogen and oxygen atoms in total. The van der Waals surface area contributed by atoms with Crippen LogP contribution in [0.4, 0.5) is 4.39 Å². The van der Waals surface area contributed by atoms with E-state index in [0.29, 0.717) is 5.06 Å². The zero-order valence-electron chi connectivity index (χ0n) is 6.04. The molecular weight excluding hydrogens is 155 g/mol. The van der Waals surface area contributed by atoms with Crippen LogP contribution in [0.3, 0.4) is 0 Å². The number of halogens is 1. The van der Waals surface area contributed by atoms with Gasteiger partial charge < -0.3 is 5.73 Å². The van der Waals surface area contributed by atoms with Crippen molar-refractivity contribution in [2.45, 2.75) is 0 Å². The molecule has 0 rings (SSSR count). The fourth-order valence-corrected chi connectivity index (χ4v) is 0.475. The van der Waals surface area contributed by atoms with E-state index >= 15 is 0 Å². The summed E-state index contributed by atoms with van der Waals surface area (Å²) in [6.07, 6.45) is 0. The molecule has 0 saturated heterocycles. The van der Waals surface area contributed by atoms with Crippen molar-refractivity contribution in [3.05, 3.63) is 0 Å². The summed E-state index contributed by atoms with van der Waals surface area (Å²) in [5.74, 6) is -2.22. The second-order valence-corrected chi connectivity index (χ2v) is 1.64. The van der Waals surface area contributed by atoms with Gasteiger partial charge in [-0.15, -0.1) is 0 Å². The Labute approximate surface area is 62.9 Å². The summed E-state index contributed by atoms with van der Waals surface area (Å²) >= 11 is 0. The summed E-state index contributed by atoms with van der Waals surface area (Å²) in [6, 6.07) is 0. The number of hydrogen-bond donors (Lipinski definition) is 1. The van der Waals surface area contributed by atoms with Gasteiger partial charge >= 0.3 is 11.8 Å². The molecule has 0 aliphatic heterocycles. The minimum atomic E-state index is -1.17. The zero-order valence-corrected chi connectivity index (χ0v) is 6.04. The first kappa shape index (κ1) is 9.83. The SMILES string of the molecule is CON(CCF)C(=O)C(N)=O. The van der Waals surface area contributed by atoms with Gasteiger partial charge in [-0.1, -0.05) is 0 Å². The summed E-state index contributed by atoms with van der Waals surface area (Å²) < 4.78 is 11.6. The molecule has 0 radical (unpaired) electrons. The Bertz CT molecular complexity index is 162. The molecule has 0 heterocycles. The summed E-state index contributed by atoms with van der Waals surface area (Å²) in [6.45, 7) is -1.08. The summed E-state index contributed by atoms with van der Waals surface area (Å²) in [4.78, 5) is 25.2. The molecule has 0 aliphatic carbocycles. The highest BCUT2D eigenvalue weighted by molar-refractivity contribution is 6.34. The van der Waals surface area contributed by atoms with Crippen LogP contribution < -0.4 is 5.73 Å². The van der Waals surface area contributed by atoms with Gasteiger partial charge in [0.1, 0.15) is 6.67 Å². The number of primary amides is 1. The maximum Gasteiger partial charge on any atom is 0.335 e. The Morgan fingerprint density at radius 1 is 1.64 bits per heavy atom. The Kier molecular flexibility index (Phi) is 4.12. The number of nitrogens with two attached hydrogens (primary N) is 1. The van der Waals surface area contributed by atoms with E-state index in [0.717, 1.165) is 7.11 Å². The quantitative estimate of drug-likeness (QED) is 0.422. The average molecular weight is 164 g/mol. The summed E-state index contributed by atoms with van der Waals surface area (Å²) in [5, 5.41) is 0.558. The highest BCUT2D eigenvalue weighted by Gasteiger charge is 2.17. The molecular formula is C5H9FN2O3. The van der Waals surface area contributed by atoms with E-state index in [4.69, 9.17) is 0 Å². The van der Waals surface area contributed by atoms with Crippen LogP contribution in [-0.4, -0.2) is 37.2 Å². The highest BCUT2D eigenvalue weighted by atomic mass is 19.1. The molecule has 0 fully saturated rings. The Morgan fingerprint density at radius 2 is 2.18 bits per heavy atom. The standard InChI is InChI=1S/C5H9FN2O3/c1-11-8(3-2-6)5(10)4(7)9/h2-3H2,1H3,(H2,7,9). The smallest absolute Gasteiger partial charge is 0.335 e. The molecule has 0 aromatic rings. The molecule has 6 heteroatoms. The van der Waals surface area contributed by atoms with Gasteiger partial charge in [-0.3, -0.25) is 14.4 Å². The average Bonchev–Trinajstić information content (AvgIpc) is 1.98. The first-order chi connectivity index (χ1) is 5.13.